The summed E-state index contributed by atoms with van der Waals surface area (Å²) in [7, 11) is 0. The van der Waals surface area contributed by atoms with Crippen molar-refractivity contribution >= 4 is 5.97 Å². The summed E-state index contributed by atoms with van der Waals surface area (Å²) in [4.78, 5) is 11.5. The summed E-state index contributed by atoms with van der Waals surface area (Å²) in [5, 5.41) is 0. The number of carbonyl (C=O) groups excluding carboxylic acids is 1. The molecule has 0 aromatic heterocycles. The van der Waals surface area contributed by atoms with Gasteiger partial charge in [0.15, 0.2) is 0 Å². The number of aryl methyl sites for hydroxylation is 1. The van der Waals surface area contributed by atoms with E-state index in [1.54, 1.807) is 6.92 Å². The zero-order chi connectivity index (χ0) is 12.7. The zero-order valence-electron chi connectivity index (χ0n) is 10.6. The lowest BCUT2D eigenvalue weighted by Crippen LogP contribution is -2.32. The molecule has 1 aromatic carbocycles. The van der Waals surface area contributed by atoms with Gasteiger partial charge in [0, 0.05) is 6.04 Å². The van der Waals surface area contributed by atoms with Gasteiger partial charge in [0.05, 0.1) is 12.5 Å². The fraction of sp³-hybridized carbons (Fsp3) is 0.500. The summed E-state index contributed by atoms with van der Waals surface area (Å²) in [6, 6.07) is 10.0. The average Bonchev–Trinajstić information content (AvgIpc) is 2.34. The Morgan fingerprint density at radius 1 is 1.29 bits per heavy atom. The molecular weight excluding hydrogens is 214 g/mol. The van der Waals surface area contributed by atoms with Gasteiger partial charge in [-0.1, -0.05) is 37.3 Å². The van der Waals surface area contributed by atoms with E-state index >= 15 is 0 Å². The van der Waals surface area contributed by atoms with Crippen LogP contribution in [0.2, 0.25) is 0 Å². The number of ether oxygens (including phenoxy) is 1. The normalized spacial score (nSPS) is 14.1. The Morgan fingerprint density at radius 2 is 1.94 bits per heavy atom. The largest absolute Gasteiger partial charge is 0.465 e. The van der Waals surface area contributed by atoms with Crippen LogP contribution in [0.5, 0.6) is 0 Å². The van der Waals surface area contributed by atoms with Crippen LogP contribution in [0.3, 0.4) is 0 Å². The number of rotatable bonds is 6. The topological polar surface area (TPSA) is 52.3 Å². The first-order chi connectivity index (χ1) is 8.11. The van der Waals surface area contributed by atoms with Crippen molar-refractivity contribution in [1.82, 2.24) is 0 Å². The van der Waals surface area contributed by atoms with E-state index in [0.717, 1.165) is 12.8 Å². The van der Waals surface area contributed by atoms with Crippen molar-refractivity contribution in [2.75, 3.05) is 6.61 Å². The van der Waals surface area contributed by atoms with E-state index in [9.17, 15) is 4.79 Å². The Balaban J connectivity index is 2.18. The van der Waals surface area contributed by atoms with Gasteiger partial charge in [0.2, 0.25) is 0 Å². The van der Waals surface area contributed by atoms with Gasteiger partial charge in [0.1, 0.15) is 0 Å². The first kappa shape index (κ1) is 13.7. The highest BCUT2D eigenvalue weighted by Crippen LogP contribution is 2.05. The highest BCUT2D eigenvalue weighted by molar-refractivity contribution is 5.72. The Morgan fingerprint density at radius 3 is 2.53 bits per heavy atom. The molecule has 0 heterocycles. The SMILES string of the molecule is CC(N)C(C)C(=O)OCCCc1ccccc1. The van der Waals surface area contributed by atoms with Gasteiger partial charge >= 0.3 is 5.97 Å². The Kier molecular flexibility index (Phi) is 5.70. The van der Waals surface area contributed by atoms with Crippen LogP contribution in [0.4, 0.5) is 0 Å². The van der Waals surface area contributed by atoms with E-state index in [1.165, 1.54) is 5.56 Å². The minimum atomic E-state index is -0.230. The second-order valence-corrected chi connectivity index (χ2v) is 4.40. The predicted molar refractivity (Wildman–Crippen MR) is 68.5 cm³/mol. The second-order valence-electron chi connectivity index (χ2n) is 4.40. The molecule has 0 bridgehead atoms. The van der Waals surface area contributed by atoms with Crippen LogP contribution in [-0.4, -0.2) is 18.6 Å². The van der Waals surface area contributed by atoms with Gasteiger partial charge in [-0.05, 0) is 25.3 Å². The number of carbonyl (C=O) groups is 1. The van der Waals surface area contributed by atoms with Gasteiger partial charge in [-0.2, -0.15) is 0 Å². The molecule has 0 saturated heterocycles. The molecule has 3 heteroatoms. The van der Waals surface area contributed by atoms with E-state index in [1.807, 2.05) is 25.1 Å². The van der Waals surface area contributed by atoms with Crippen LogP contribution in [0.25, 0.3) is 0 Å². The lowest BCUT2D eigenvalue weighted by atomic mass is 10.1. The van der Waals surface area contributed by atoms with E-state index < -0.39 is 0 Å². The first-order valence-corrected chi connectivity index (χ1v) is 6.07. The smallest absolute Gasteiger partial charge is 0.310 e. The Labute approximate surface area is 103 Å². The summed E-state index contributed by atoms with van der Waals surface area (Å²) < 4.78 is 5.17. The molecule has 0 aliphatic carbocycles. The van der Waals surface area contributed by atoms with Crippen molar-refractivity contribution in [1.29, 1.82) is 0 Å². The van der Waals surface area contributed by atoms with E-state index in [4.69, 9.17) is 10.5 Å². The molecule has 0 saturated carbocycles. The van der Waals surface area contributed by atoms with Crippen molar-refractivity contribution in [2.24, 2.45) is 11.7 Å². The first-order valence-electron chi connectivity index (χ1n) is 6.07. The summed E-state index contributed by atoms with van der Waals surface area (Å²) in [6.45, 7) is 4.07. The molecule has 0 spiro atoms. The van der Waals surface area contributed by atoms with Crippen molar-refractivity contribution in [3.63, 3.8) is 0 Å². The van der Waals surface area contributed by atoms with E-state index in [0.29, 0.717) is 6.61 Å². The molecule has 0 aliphatic rings. The maximum Gasteiger partial charge on any atom is 0.310 e. The average molecular weight is 235 g/mol. The van der Waals surface area contributed by atoms with Gasteiger partial charge < -0.3 is 10.5 Å². The number of benzene rings is 1. The molecule has 17 heavy (non-hydrogen) atoms. The molecule has 94 valence electrons. The quantitative estimate of drug-likeness (QED) is 0.607. The van der Waals surface area contributed by atoms with Crippen molar-refractivity contribution in [3.8, 4) is 0 Å². The molecule has 0 fully saturated rings. The molecule has 0 aliphatic heterocycles. The predicted octanol–water partition coefficient (Wildman–Crippen LogP) is 2.15. The molecule has 0 radical (unpaired) electrons. The van der Waals surface area contributed by atoms with Crippen LogP contribution in [0.15, 0.2) is 30.3 Å². The maximum atomic E-state index is 11.5. The van der Waals surface area contributed by atoms with Crippen molar-refractivity contribution in [3.05, 3.63) is 35.9 Å². The highest BCUT2D eigenvalue weighted by atomic mass is 16.5. The maximum absolute atomic E-state index is 11.5. The van der Waals surface area contributed by atoms with Crippen LogP contribution in [0, 0.1) is 5.92 Å². The summed E-state index contributed by atoms with van der Waals surface area (Å²) >= 11 is 0. The van der Waals surface area contributed by atoms with Crippen LogP contribution < -0.4 is 5.73 Å². The molecule has 1 rings (SSSR count). The fourth-order valence-electron chi connectivity index (χ4n) is 1.44. The molecular formula is C14H21NO2. The molecule has 0 amide bonds. The summed E-state index contributed by atoms with van der Waals surface area (Å²) in [5.41, 5.74) is 6.90. The minimum Gasteiger partial charge on any atom is -0.465 e. The molecule has 1 aromatic rings. The lowest BCUT2D eigenvalue weighted by molar-refractivity contribution is -0.148. The standard InChI is InChI=1S/C14H21NO2/c1-11(12(2)15)14(16)17-10-6-9-13-7-4-3-5-8-13/h3-5,7-8,11-12H,6,9-10,15H2,1-2H3. The monoisotopic (exact) mass is 235 g/mol. The third-order valence-electron chi connectivity index (χ3n) is 2.86. The Hall–Kier alpha value is -1.35. The van der Waals surface area contributed by atoms with E-state index in [-0.39, 0.29) is 17.9 Å². The van der Waals surface area contributed by atoms with Gasteiger partial charge in [-0.25, -0.2) is 0 Å². The van der Waals surface area contributed by atoms with Crippen molar-refractivity contribution in [2.45, 2.75) is 32.7 Å². The molecule has 3 nitrogen and oxygen atoms in total. The fourth-order valence-corrected chi connectivity index (χ4v) is 1.44. The lowest BCUT2D eigenvalue weighted by Gasteiger charge is -2.14. The molecule has 2 atom stereocenters. The molecule has 2 N–H and O–H groups in total. The summed E-state index contributed by atoms with van der Waals surface area (Å²) in [5.74, 6) is -0.431. The van der Waals surface area contributed by atoms with Gasteiger partial charge in [-0.15, -0.1) is 0 Å². The molecule has 2 unspecified atom stereocenters. The van der Waals surface area contributed by atoms with Crippen LogP contribution in [0.1, 0.15) is 25.8 Å². The highest BCUT2D eigenvalue weighted by Gasteiger charge is 2.17. The van der Waals surface area contributed by atoms with E-state index in [2.05, 4.69) is 12.1 Å². The Bertz CT molecular complexity index is 335. The van der Waals surface area contributed by atoms with Crippen molar-refractivity contribution < 1.29 is 9.53 Å². The number of hydrogen-bond acceptors (Lipinski definition) is 3. The van der Waals surface area contributed by atoms with Gasteiger partial charge in [-0.3, -0.25) is 4.79 Å². The zero-order valence-corrected chi connectivity index (χ0v) is 10.6. The third-order valence-corrected chi connectivity index (χ3v) is 2.86. The number of hydrogen-bond donors (Lipinski definition) is 1. The minimum absolute atomic E-state index is 0.156. The third kappa shape index (κ3) is 5.00. The number of esters is 1. The van der Waals surface area contributed by atoms with Crippen LogP contribution in [-0.2, 0) is 16.0 Å². The summed E-state index contributed by atoms with van der Waals surface area (Å²) in [6.07, 6.45) is 1.78. The van der Waals surface area contributed by atoms with Gasteiger partial charge in [0.25, 0.3) is 0 Å². The van der Waals surface area contributed by atoms with Crippen LogP contribution >= 0.6 is 0 Å². The number of nitrogens with two attached hydrogens (primary N) is 1. The second kappa shape index (κ2) is 7.07.